The van der Waals surface area contributed by atoms with Crippen molar-refractivity contribution in [2.45, 2.75) is 12.5 Å². The number of benzene rings is 2. The van der Waals surface area contributed by atoms with Crippen LogP contribution in [0.4, 0.5) is 5.69 Å². The highest BCUT2D eigenvalue weighted by atomic mass is 35.5. The van der Waals surface area contributed by atoms with E-state index in [1.165, 1.54) is 23.3 Å². The van der Waals surface area contributed by atoms with Gasteiger partial charge in [-0.25, -0.2) is 0 Å². The van der Waals surface area contributed by atoms with Crippen LogP contribution in [-0.4, -0.2) is 31.3 Å². The number of rotatable bonds is 9. The fourth-order valence-corrected chi connectivity index (χ4v) is 4.39. The summed E-state index contributed by atoms with van der Waals surface area (Å²) in [5.41, 5.74) is 1.58. The first-order chi connectivity index (χ1) is 15.0. The molecule has 1 heterocycles. The number of ether oxygens (including phenoxy) is 1. The van der Waals surface area contributed by atoms with E-state index >= 15 is 0 Å². The largest absolute Gasteiger partial charge is 0.495 e. The molecule has 1 aromatic heterocycles. The second kappa shape index (κ2) is 11.2. The van der Waals surface area contributed by atoms with E-state index in [0.29, 0.717) is 29.4 Å². The van der Waals surface area contributed by atoms with Gasteiger partial charge in [0.2, 0.25) is 11.8 Å². The SMILES string of the molecule is COc1ccc(N(C(=O)CCl)[C@@H](C(=O)NCCc2ccccc2)c2cccs2)cc1Cl. The Morgan fingerprint density at radius 3 is 2.52 bits per heavy atom. The number of thiophene rings is 1. The van der Waals surface area contributed by atoms with Gasteiger partial charge in [-0.15, -0.1) is 22.9 Å². The molecule has 3 aromatic rings. The molecule has 2 amide bonds. The van der Waals surface area contributed by atoms with Crippen molar-refractivity contribution in [2.75, 3.05) is 24.4 Å². The molecule has 31 heavy (non-hydrogen) atoms. The molecule has 0 fully saturated rings. The molecule has 5 nitrogen and oxygen atoms in total. The molecule has 0 radical (unpaired) electrons. The standard InChI is InChI=1S/C23H22Cl2N2O3S/c1-30-19-10-9-17(14-18(19)25)27(21(28)15-24)22(20-8-5-13-31-20)23(29)26-12-11-16-6-3-2-4-7-16/h2-10,13-14,22H,11-12,15H2,1H3,(H,26,29)/t22-/m1/s1. The van der Waals surface area contributed by atoms with E-state index in [2.05, 4.69) is 5.32 Å². The van der Waals surface area contributed by atoms with Gasteiger partial charge >= 0.3 is 0 Å². The Kier molecular flexibility index (Phi) is 8.35. The van der Waals surface area contributed by atoms with Crippen LogP contribution in [0.2, 0.25) is 5.02 Å². The molecule has 2 aromatic carbocycles. The monoisotopic (exact) mass is 476 g/mol. The van der Waals surface area contributed by atoms with Crippen molar-refractivity contribution >= 4 is 52.0 Å². The number of hydrogen-bond acceptors (Lipinski definition) is 4. The van der Waals surface area contributed by atoms with E-state index in [0.717, 1.165) is 10.4 Å². The van der Waals surface area contributed by atoms with Crippen molar-refractivity contribution in [1.29, 1.82) is 0 Å². The highest BCUT2D eigenvalue weighted by Crippen LogP contribution is 2.35. The minimum absolute atomic E-state index is 0.275. The summed E-state index contributed by atoms with van der Waals surface area (Å²) >= 11 is 13.6. The average molecular weight is 477 g/mol. The lowest BCUT2D eigenvalue weighted by Gasteiger charge is -2.30. The quantitative estimate of drug-likeness (QED) is 0.438. The molecular formula is C23H22Cl2N2O3S. The van der Waals surface area contributed by atoms with E-state index < -0.39 is 11.9 Å². The van der Waals surface area contributed by atoms with Crippen LogP contribution in [0.15, 0.2) is 66.0 Å². The van der Waals surface area contributed by atoms with Crippen LogP contribution in [0.25, 0.3) is 0 Å². The number of nitrogens with zero attached hydrogens (tertiary/aromatic N) is 1. The summed E-state index contributed by atoms with van der Waals surface area (Å²) in [5.74, 6) is -0.491. The maximum atomic E-state index is 13.3. The minimum Gasteiger partial charge on any atom is -0.495 e. The summed E-state index contributed by atoms with van der Waals surface area (Å²) in [6, 6.07) is 17.6. The van der Waals surface area contributed by atoms with E-state index in [1.807, 2.05) is 47.8 Å². The molecule has 8 heteroatoms. The van der Waals surface area contributed by atoms with Crippen LogP contribution in [0.3, 0.4) is 0 Å². The Morgan fingerprint density at radius 2 is 1.90 bits per heavy atom. The van der Waals surface area contributed by atoms with Crippen molar-refractivity contribution < 1.29 is 14.3 Å². The number of methoxy groups -OCH3 is 1. The summed E-state index contributed by atoms with van der Waals surface area (Å²) < 4.78 is 5.20. The summed E-state index contributed by atoms with van der Waals surface area (Å²) in [5, 5.41) is 5.16. The molecule has 0 saturated heterocycles. The highest BCUT2D eigenvalue weighted by molar-refractivity contribution is 7.10. The molecule has 0 saturated carbocycles. The molecule has 0 aliphatic carbocycles. The Hall–Kier alpha value is -2.54. The molecule has 162 valence electrons. The molecular weight excluding hydrogens is 455 g/mol. The Labute approximate surface area is 195 Å². The van der Waals surface area contributed by atoms with Gasteiger partial charge < -0.3 is 10.1 Å². The van der Waals surface area contributed by atoms with E-state index in [1.54, 1.807) is 18.2 Å². The summed E-state index contributed by atoms with van der Waals surface area (Å²) in [4.78, 5) is 28.3. The lowest BCUT2D eigenvalue weighted by Crippen LogP contribution is -2.44. The van der Waals surface area contributed by atoms with Crippen LogP contribution in [-0.2, 0) is 16.0 Å². The van der Waals surface area contributed by atoms with Crippen LogP contribution in [0, 0.1) is 0 Å². The zero-order valence-corrected chi connectivity index (χ0v) is 19.2. The number of amides is 2. The Bertz CT molecular complexity index is 1010. The van der Waals surface area contributed by atoms with Gasteiger partial charge in [0.15, 0.2) is 0 Å². The summed E-state index contributed by atoms with van der Waals surface area (Å²) in [6.45, 7) is 0.441. The van der Waals surface area contributed by atoms with Gasteiger partial charge in [-0.2, -0.15) is 0 Å². The third kappa shape index (κ3) is 5.79. The third-order valence-electron chi connectivity index (χ3n) is 4.67. The minimum atomic E-state index is -0.869. The van der Waals surface area contributed by atoms with Crippen LogP contribution < -0.4 is 15.0 Å². The first-order valence-corrected chi connectivity index (χ1v) is 11.4. The predicted octanol–water partition coefficient (Wildman–Crippen LogP) is 5.08. The van der Waals surface area contributed by atoms with E-state index in [-0.39, 0.29) is 11.8 Å². The number of carbonyl (C=O) groups is 2. The number of halogens is 2. The molecule has 3 rings (SSSR count). The van der Waals surface area contributed by atoms with Crippen molar-refractivity contribution in [3.8, 4) is 5.75 Å². The smallest absolute Gasteiger partial charge is 0.248 e. The number of alkyl halides is 1. The maximum Gasteiger partial charge on any atom is 0.248 e. The summed E-state index contributed by atoms with van der Waals surface area (Å²) in [6.07, 6.45) is 0.682. The van der Waals surface area contributed by atoms with Crippen molar-refractivity contribution in [1.82, 2.24) is 5.32 Å². The fraction of sp³-hybridized carbons (Fsp3) is 0.217. The zero-order valence-electron chi connectivity index (χ0n) is 16.9. The van der Waals surface area contributed by atoms with E-state index in [4.69, 9.17) is 27.9 Å². The molecule has 1 atom stereocenters. The van der Waals surface area contributed by atoms with Gasteiger partial charge in [0, 0.05) is 17.1 Å². The van der Waals surface area contributed by atoms with Gasteiger partial charge in [0.25, 0.3) is 0 Å². The second-order valence-corrected chi connectivity index (χ2v) is 8.31. The Morgan fingerprint density at radius 1 is 1.13 bits per heavy atom. The van der Waals surface area contributed by atoms with Crippen molar-refractivity contribution in [3.05, 3.63) is 81.5 Å². The highest BCUT2D eigenvalue weighted by Gasteiger charge is 2.33. The van der Waals surface area contributed by atoms with Gasteiger partial charge in [0.05, 0.1) is 12.1 Å². The molecule has 0 aliphatic heterocycles. The Balaban J connectivity index is 1.89. The van der Waals surface area contributed by atoms with Gasteiger partial charge in [-0.1, -0.05) is 48.0 Å². The lowest BCUT2D eigenvalue weighted by atomic mass is 10.1. The van der Waals surface area contributed by atoms with Crippen LogP contribution in [0.5, 0.6) is 5.75 Å². The number of carbonyl (C=O) groups excluding carboxylic acids is 2. The molecule has 0 aliphatic rings. The number of anilines is 1. The molecule has 1 N–H and O–H groups in total. The third-order valence-corrected chi connectivity index (χ3v) is 6.12. The van der Waals surface area contributed by atoms with Gasteiger partial charge in [-0.3, -0.25) is 14.5 Å². The predicted molar refractivity (Wildman–Crippen MR) is 126 cm³/mol. The normalized spacial score (nSPS) is 11.6. The topological polar surface area (TPSA) is 58.6 Å². The molecule has 0 bridgehead atoms. The molecule has 0 spiro atoms. The van der Waals surface area contributed by atoms with E-state index in [9.17, 15) is 9.59 Å². The van der Waals surface area contributed by atoms with Crippen molar-refractivity contribution in [3.63, 3.8) is 0 Å². The maximum absolute atomic E-state index is 13.3. The van der Waals surface area contributed by atoms with Gasteiger partial charge in [0.1, 0.15) is 17.7 Å². The molecule has 0 unspecified atom stereocenters. The fourth-order valence-electron chi connectivity index (χ4n) is 3.20. The number of nitrogens with one attached hydrogen (secondary N) is 1. The van der Waals surface area contributed by atoms with Crippen LogP contribution >= 0.6 is 34.5 Å². The van der Waals surface area contributed by atoms with Crippen LogP contribution in [0.1, 0.15) is 16.5 Å². The second-order valence-electron chi connectivity index (χ2n) is 6.66. The first kappa shape index (κ1) is 23.1. The zero-order chi connectivity index (χ0) is 22.2. The average Bonchev–Trinajstić information content (AvgIpc) is 3.31. The summed E-state index contributed by atoms with van der Waals surface area (Å²) in [7, 11) is 1.51. The van der Waals surface area contributed by atoms with Crippen molar-refractivity contribution in [2.24, 2.45) is 0 Å². The number of hydrogen-bond donors (Lipinski definition) is 1. The lowest BCUT2D eigenvalue weighted by molar-refractivity contribution is -0.125. The van der Waals surface area contributed by atoms with Gasteiger partial charge in [-0.05, 0) is 41.6 Å². The first-order valence-electron chi connectivity index (χ1n) is 9.61.